The first-order valence-electron chi connectivity index (χ1n) is 2.71. The van der Waals surface area contributed by atoms with E-state index in [2.05, 4.69) is 0 Å². The highest BCUT2D eigenvalue weighted by atomic mass is 32.2. The molecule has 0 aromatic heterocycles. The fourth-order valence-electron chi connectivity index (χ4n) is 0.340. The zero-order valence-electron chi connectivity index (χ0n) is 6.16. The Morgan fingerprint density at radius 3 is 1.69 bits per heavy atom. The van der Waals surface area contributed by atoms with Crippen molar-refractivity contribution in [3.63, 3.8) is 0 Å². The molecule has 5 nitrogen and oxygen atoms in total. The largest absolute Gasteiger partial charge is 0.500 e. The Morgan fingerprint density at radius 1 is 1.31 bits per heavy atom. The first-order valence-corrected chi connectivity index (χ1v) is 4.19. The summed E-state index contributed by atoms with van der Waals surface area (Å²) in [5.74, 6) is -2.48. The van der Waals surface area contributed by atoms with Crippen molar-refractivity contribution < 1.29 is 36.6 Å². The Morgan fingerprint density at radius 2 is 1.62 bits per heavy atom. The monoisotopic (exact) mass is 222 g/mol. The fourth-order valence-corrected chi connectivity index (χ4v) is 1.02. The summed E-state index contributed by atoms with van der Waals surface area (Å²) in [7, 11) is -6.12. The molecule has 2 N–H and O–H groups in total. The minimum Gasteiger partial charge on any atom is -0.478 e. The maximum atomic E-state index is 11.7. The van der Waals surface area contributed by atoms with Gasteiger partial charge in [0.1, 0.15) is 0 Å². The second-order valence-electron chi connectivity index (χ2n) is 2.24. The van der Waals surface area contributed by atoms with Crippen molar-refractivity contribution in [1.29, 1.82) is 0 Å². The van der Waals surface area contributed by atoms with Crippen LogP contribution < -0.4 is 0 Å². The van der Waals surface area contributed by atoms with Crippen LogP contribution in [-0.2, 0) is 14.6 Å². The highest BCUT2D eigenvalue weighted by molar-refractivity contribution is 7.94. The molecule has 0 aliphatic rings. The van der Waals surface area contributed by atoms with E-state index in [1.165, 1.54) is 0 Å². The molecular formula is C4H5F3O5S. The molecule has 0 aromatic carbocycles. The number of aliphatic hydroxyl groups is 1. The molecule has 78 valence electrons. The van der Waals surface area contributed by atoms with Crippen LogP contribution in [0.15, 0.2) is 0 Å². The molecule has 1 atom stereocenters. The first kappa shape index (κ1) is 12.2. The Kier molecular flexibility index (Phi) is 2.66. The average Bonchev–Trinajstić information content (AvgIpc) is 1.84. The van der Waals surface area contributed by atoms with Gasteiger partial charge >= 0.3 is 11.5 Å². The van der Waals surface area contributed by atoms with Crippen LogP contribution in [-0.4, -0.2) is 35.0 Å². The number of sulfone groups is 1. The molecule has 0 amide bonds. The van der Waals surface area contributed by atoms with E-state index < -0.39 is 26.2 Å². The zero-order chi connectivity index (χ0) is 11.1. The summed E-state index contributed by atoms with van der Waals surface area (Å²) in [5, 5.41) is 16.6. The van der Waals surface area contributed by atoms with Gasteiger partial charge in [0, 0.05) is 0 Å². The number of hydrogen-bond acceptors (Lipinski definition) is 4. The van der Waals surface area contributed by atoms with Crippen molar-refractivity contribution in [3.8, 4) is 0 Å². The van der Waals surface area contributed by atoms with Gasteiger partial charge in [-0.25, -0.2) is 13.2 Å². The van der Waals surface area contributed by atoms with Crippen molar-refractivity contribution in [2.75, 3.05) is 0 Å². The van der Waals surface area contributed by atoms with Crippen molar-refractivity contribution in [1.82, 2.24) is 0 Å². The minimum atomic E-state index is -6.12. The van der Waals surface area contributed by atoms with E-state index in [-0.39, 0.29) is 6.92 Å². The van der Waals surface area contributed by atoms with Crippen LogP contribution in [0.25, 0.3) is 0 Å². The van der Waals surface area contributed by atoms with E-state index in [4.69, 9.17) is 10.2 Å². The molecule has 0 aromatic rings. The summed E-state index contributed by atoms with van der Waals surface area (Å²) in [6.45, 7) is 0.0398. The van der Waals surface area contributed by atoms with Gasteiger partial charge in [-0.3, -0.25) is 0 Å². The van der Waals surface area contributed by atoms with Gasteiger partial charge in [-0.15, -0.1) is 0 Å². The van der Waals surface area contributed by atoms with Gasteiger partial charge in [0.2, 0.25) is 0 Å². The molecule has 9 heteroatoms. The van der Waals surface area contributed by atoms with Crippen molar-refractivity contribution in [3.05, 3.63) is 0 Å². The minimum absolute atomic E-state index is 0.0398. The van der Waals surface area contributed by atoms with E-state index in [1.807, 2.05) is 0 Å². The number of rotatable bonds is 2. The van der Waals surface area contributed by atoms with Gasteiger partial charge < -0.3 is 10.2 Å². The number of carboxylic acids is 1. The number of carbonyl (C=O) groups is 1. The van der Waals surface area contributed by atoms with Crippen molar-refractivity contribution in [2.24, 2.45) is 0 Å². The maximum absolute atomic E-state index is 11.7. The second-order valence-corrected chi connectivity index (χ2v) is 4.50. The highest BCUT2D eigenvalue weighted by Crippen LogP contribution is 2.32. The third kappa shape index (κ3) is 1.75. The molecule has 0 aliphatic heterocycles. The van der Waals surface area contributed by atoms with E-state index >= 15 is 0 Å². The lowest BCUT2D eigenvalue weighted by Crippen LogP contribution is -2.49. The van der Waals surface area contributed by atoms with E-state index in [0.717, 1.165) is 0 Å². The van der Waals surface area contributed by atoms with Crippen LogP contribution in [0, 0.1) is 0 Å². The predicted octanol–water partition coefficient (Wildman–Crippen LogP) is -0.286. The summed E-state index contributed by atoms with van der Waals surface area (Å²) < 4.78 is 55.8. The summed E-state index contributed by atoms with van der Waals surface area (Å²) in [6, 6.07) is 0. The summed E-state index contributed by atoms with van der Waals surface area (Å²) in [5.41, 5.74) is -5.80. The number of hydrogen-bond donors (Lipinski definition) is 2. The van der Waals surface area contributed by atoms with Gasteiger partial charge in [0.25, 0.3) is 14.8 Å². The molecule has 0 bridgehead atoms. The second kappa shape index (κ2) is 2.84. The Bertz CT molecular complexity index is 313. The van der Waals surface area contributed by atoms with Crippen LogP contribution in [0.3, 0.4) is 0 Å². The van der Waals surface area contributed by atoms with Crippen LogP contribution in [0.5, 0.6) is 0 Å². The molecule has 0 saturated carbocycles. The number of alkyl halides is 3. The van der Waals surface area contributed by atoms with Crippen LogP contribution in [0.1, 0.15) is 6.92 Å². The molecular weight excluding hydrogens is 217 g/mol. The molecule has 0 heterocycles. The van der Waals surface area contributed by atoms with Gasteiger partial charge in [-0.1, -0.05) is 0 Å². The lowest BCUT2D eigenvalue weighted by Gasteiger charge is -2.19. The van der Waals surface area contributed by atoms with E-state index in [9.17, 15) is 26.4 Å². The molecule has 0 saturated heterocycles. The molecule has 0 aliphatic carbocycles. The summed E-state index contributed by atoms with van der Waals surface area (Å²) >= 11 is 0. The maximum Gasteiger partial charge on any atom is 0.500 e. The van der Waals surface area contributed by atoms with Crippen molar-refractivity contribution >= 4 is 15.8 Å². The van der Waals surface area contributed by atoms with Crippen LogP contribution in [0.4, 0.5) is 13.2 Å². The fraction of sp³-hybridized carbons (Fsp3) is 0.750. The standard InChI is InChI=1S/C4H5F3O5S/c1-3(10,2(8)9)13(11,12)4(5,6)7/h10H,1H3,(H,8,9). The predicted molar refractivity (Wildman–Crippen MR) is 33.2 cm³/mol. The van der Waals surface area contributed by atoms with Gasteiger partial charge in [0.15, 0.2) is 0 Å². The van der Waals surface area contributed by atoms with Crippen LogP contribution >= 0.6 is 0 Å². The molecule has 0 radical (unpaired) electrons. The molecule has 0 spiro atoms. The third-order valence-electron chi connectivity index (χ3n) is 1.22. The summed E-state index contributed by atoms with van der Waals surface area (Å²) in [4.78, 5) is 6.13. The smallest absolute Gasteiger partial charge is 0.478 e. The number of aliphatic carboxylic acids is 1. The molecule has 1 unspecified atom stereocenters. The lowest BCUT2D eigenvalue weighted by molar-refractivity contribution is -0.150. The zero-order valence-corrected chi connectivity index (χ0v) is 6.98. The normalized spacial score (nSPS) is 17.9. The molecule has 0 fully saturated rings. The topological polar surface area (TPSA) is 91.7 Å². The Hall–Kier alpha value is -0.830. The Balaban J connectivity index is 5.45. The molecule has 0 rings (SSSR count). The van der Waals surface area contributed by atoms with Gasteiger partial charge in [-0.05, 0) is 6.92 Å². The quantitative estimate of drug-likeness (QED) is 0.670. The van der Waals surface area contributed by atoms with Gasteiger partial charge in [-0.2, -0.15) is 13.2 Å². The third-order valence-corrected chi connectivity index (χ3v) is 3.06. The van der Waals surface area contributed by atoms with E-state index in [0.29, 0.717) is 0 Å². The summed E-state index contributed by atoms with van der Waals surface area (Å²) in [6.07, 6.45) is 0. The first-order chi connectivity index (χ1) is 5.44. The number of halogens is 3. The lowest BCUT2D eigenvalue weighted by atomic mass is 10.4. The van der Waals surface area contributed by atoms with Crippen molar-refractivity contribution in [2.45, 2.75) is 17.4 Å². The van der Waals surface area contributed by atoms with Crippen LogP contribution in [0.2, 0.25) is 0 Å². The average molecular weight is 222 g/mol. The highest BCUT2D eigenvalue weighted by Gasteiger charge is 2.60. The SMILES string of the molecule is CC(O)(C(=O)O)S(=O)(=O)C(F)(F)F. The number of carboxylic acid groups (broad SMARTS) is 1. The van der Waals surface area contributed by atoms with Gasteiger partial charge in [0.05, 0.1) is 0 Å². The van der Waals surface area contributed by atoms with E-state index in [1.54, 1.807) is 0 Å². The molecule has 13 heavy (non-hydrogen) atoms. The Labute approximate surface area is 70.7 Å².